The Hall–Kier alpha value is -3.01. The lowest BCUT2D eigenvalue weighted by atomic mass is 10.1. The monoisotopic (exact) mass is 289 g/mol. The highest BCUT2D eigenvalue weighted by atomic mass is 16.1. The number of nitrogens with zero attached hydrogens (tertiary/aromatic N) is 3. The SMILES string of the molecule is Cc1ccc(N=C(C(=O)c2ccccc2)n2cccn2)cc1. The van der Waals surface area contributed by atoms with Gasteiger partial charge >= 0.3 is 0 Å². The van der Waals surface area contributed by atoms with E-state index in [9.17, 15) is 4.79 Å². The summed E-state index contributed by atoms with van der Waals surface area (Å²) in [5.41, 5.74) is 2.46. The number of Topliss-reactive ketones (excluding diaryl/α,β-unsaturated/α-hetero) is 1. The highest BCUT2D eigenvalue weighted by molar-refractivity contribution is 6.45. The van der Waals surface area contributed by atoms with E-state index in [0.29, 0.717) is 5.56 Å². The molecule has 0 N–H and O–H groups in total. The maximum Gasteiger partial charge on any atom is 0.230 e. The van der Waals surface area contributed by atoms with Gasteiger partial charge < -0.3 is 0 Å². The lowest BCUT2D eigenvalue weighted by Gasteiger charge is -2.06. The zero-order chi connectivity index (χ0) is 15.4. The Kier molecular flexibility index (Phi) is 3.92. The number of ketones is 1. The lowest BCUT2D eigenvalue weighted by molar-refractivity contribution is 0.106. The quantitative estimate of drug-likeness (QED) is 0.420. The average Bonchev–Trinajstić information content (AvgIpc) is 3.09. The summed E-state index contributed by atoms with van der Waals surface area (Å²) in [6, 6.07) is 18.6. The molecule has 108 valence electrons. The Labute approximate surface area is 128 Å². The van der Waals surface area contributed by atoms with E-state index in [-0.39, 0.29) is 11.6 Å². The average molecular weight is 289 g/mol. The molecule has 0 saturated carbocycles. The molecular formula is C18H15N3O. The van der Waals surface area contributed by atoms with Crippen LogP contribution < -0.4 is 0 Å². The standard InChI is InChI=1S/C18H15N3O/c1-14-8-10-16(11-9-14)20-18(21-13-5-12-19-21)17(22)15-6-3-2-4-7-15/h2-13H,1H3. The van der Waals surface area contributed by atoms with Gasteiger partial charge in [0.2, 0.25) is 11.6 Å². The fourth-order valence-corrected chi connectivity index (χ4v) is 2.06. The largest absolute Gasteiger partial charge is 0.285 e. The number of aromatic nitrogens is 2. The first-order chi connectivity index (χ1) is 10.7. The lowest BCUT2D eigenvalue weighted by Crippen LogP contribution is -2.23. The van der Waals surface area contributed by atoms with Gasteiger partial charge in [0, 0.05) is 18.0 Å². The topological polar surface area (TPSA) is 47.2 Å². The molecule has 0 bridgehead atoms. The number of hydrogen-bond acceptors (Lipinski definition) is 3. The Morgan fingerprint density at radius 1 is 1.00 bits per heavy atom. The zero-order valence-corrected chi connectivity index (χ0v) is 12.2. The number of carbonyl (C=O) groups excluding carboxylic acids is 1. The molecule has 22 heavy (non-hydrogen) atoms. The third kappa shape index (κ3) is 3.01. The number of benzene rings is 2. The van der Waals surface area contributed by atoms with Crippen LogP contribution in [-0.2, 0) is 0 Å². The molecule has 3 rings (SSSR count). The van der Waals surface area contributed by atoms with E-state index in [1.54, 1.807) is 30.6 Å². The van der Waals surface area contributed by atoms with E-state index < -0.39 is 0 Å². The molecule has 0 unspecified atom stereocenters. The Balaban J connectivity index is 2.05. The molecular weight excluding hydrogens is 274 g/mol. The van der Waals surface area contributed by atoms with E-state index in [1.807, 2.05) is 49.4 Å². The third-order valence-electron chi connectivity index (χ3n) is 3.23. The highest BCUT2D eigenvalue weighted by Gasteiger charge is 2.16. The van der Waals surface area contributed by atoms with E-state index in [4.69, 9.17) is 0 Å². The summed E-state index contributed by atoms with van der Waals surface area (Å²) in [4.78, 5) is 17.2. The van der Waals surface area contributed by atoms with Gasteiger partial charge in [0.05, 0.1) is 5.69 Å². The molecule has 0 amide bonds. The van der Waals surface area contributed by atoms with Crippen molar-refractivity contribution in [3.05, 3.63) is 84.2 Å². The van der Waals surface area contributed by atoms with Crippen LogP contribution in [0.2, 0.25) is 0 Å². The fraction of sp³-hybridized carbons (Fsp3) is 0.0556. The molecule has 4 nitrogen and oxygen atoms in total. The van der Waals surface area contributed by atoms with E-state index in [2.05, 4.69) is 10.1 Å². The summed E-state index contributed by atoms with van der Waals surface area (Å²) in [7, 11) is 0. The molecule has 2 aromatic carbocycles. The Morgan fingerprint density at radius 3 is 2.36 bits per heavy atom. The van der Waals surface area contributed by atoms with Crippen LogP contribution in [0.4, 0.5) is 5.69 Å². The van der Waals surface area contributed by atoms with E-state index in [1.165, 1.54) is 4.68 Å². The molecule has 3 aromatic rings. The fourth-order valence-electron chi connectivity index (χ4n) is 2.06. The normalized spacial score (nSPS) is 11.4. The van der Waals surface area contributed by atoms with Crippen molar-refractivity contribution in [2.75, 3.05) is 0 Å². The van der Waals surface area contributed by atoms with E-state index >= 15 is 0 Å². The van der Waals surface area contributed by atoms with Gasteiger partial charge in [0.1, 0.15) is 0 Å². The highest BCUT2D eigenvalue weighted by Crippen LogP contribution is 2.14. The first kappa shape index (κ1) is 13.9. The second kappa shape index (κ2) is 6.18. The molecule has 0 aliphatic heterocycles. The third-order valence-corrected chi connectivity index (χ3v) is 3.23. The number of rotatable bonds is 3. The number of aliphatic imine (C=N–C) groups is 1. The van der Waals surface area contributed by atoms with Crippen molar-refractivity contribution >= 4 is 17.3 Å². The number of hydrogen-bond donors (Lipinski definition) is 0. The minimum atomic E-state index is -0.162. The van der Waals surface area contributed by atoms with Gasteiger partial charge in [0.15, 0.2) is 0 Å². The first-order valence-electron chi connectivity index (χ1n) is 6.99. The van der Waals surface area contributed by atoms with Crippen LogP contribution in [0.1, 0.15) is 15.9 Å². The van der Waals surface area contributed by atoms with Crippen LogP contribution >= 0.6 is 0 Å². The Bertz CT molecular complexity index is 788. The summed E-state index contributed by atoms with van der Waals surface area (Å²) >= 11 is 0. The molecule has 0 radical (unpaired) electrons. The van der Waals surface area contributed by atoms with Crippen molar-refractivity contribution in [3.8, 4) is 0 Å². The van der Waals surface area contributed by atoms with Gasteiger partial charge in [-0.1, -0.05) is 48.0 Å². The molecule has 4 heteroatoms. The second-order valence-electron chi connectivity index (χ2n) is 4.92. The Morgan fingerprint density at radius 2 is 1.73 bits per heavy atom. The summed E-state index contributed by atoms with van der Waals surface area (Å²) in [5.74, 6) is 0.116. The molecule has 0 spiro atoms. The minimum absolute atomic E-state index is 0.162. The van der Waals surface area contributed by atoms with Crippen LogP contribution in [0.15, 0.2) is 78.0 Å². The minimum Gasteiger partial charge on any atom is -0.285 e. The maximum atomic E-state index is 12.7. The zero-order valence-electron chi connectivity index (χ0n) is 12.2. The number of aryl methyl sites for hydroxylation is 1. The van der Waals surface area contributed by atoms with Gasteiger partial charge in [0.25, 0.3) is 0 Å². The van der Waals surface area contributed by atoms with Gasteiger partial charge in [-0.15, -0.1) is 0 Å². The molecule has 0 fully saturated rings. The van der Waals surface area contributed by atoms with Crippen molar-refractivity contribution in [1.82, 2.24) is 9.78 Å². The molecule has 0 aliphatic rings. The molecule has 0 aliphatic carbocycles. The van der Waals surface area contributed by atoms with Crippen LogP contribution in [0.25, 0.3) is 0 Å². The van der Waals surface area contributed by atoms with Crippen LogP contribution in [-0.4, -0.2) is 21.4 Å². The van der Waals surface area contributed by atoms with Crippen molar-refractivity contribution in [2.24, 2.45) is 4.99 Å². The predicted molar refractivity (Wildman–Crippen MR) is 86.7 cm³/mol. The van der Waals surface area contributed by atoms with Crippen LogP contribution in [0, 0.1) is 6.92 Å². The molecule has 1 aromatic heterocycles. The smallest absolute Gasteiger partial charge is 0.230 e. The summed E-state index contributed by atoms with van der Waals surface area (Å²) < 4.78 is 1.50. The van der Waals surface area contributed by atoms with E-state index in [0.717, 1.165) is 11.3 Å². The second-order valence-corrected chi connectivity index (χ2v) is 4.92. The molecule has 1 heterocycles. The van der Waals surface area contributed by atoms with Gasteiger partial charge in [-0.3, -0.25) is 4.79 Å². The van der Waals surface area contributed by atoms with Gasteiger partial charge in [-0.25, -0.2) is 9.67 Å². The maximum absolute atomic E-state index is 12.7. The van der Waals surface area contributed by atoms with Crippen molar-refractivity contribution in [3.63, 3.8) is 0 Å². The first-order valence-corrected chi connectivity index (χ1v) is 6.99. The van der Waals surface area contributed by atoms with Crippen molar-refractivity contribution < 1.29 is 4.79 Å². The predicted octanol–water partition coefficient (Wildman–Crippen LogP) is 3.65. The van der Waals surface area contributed by atoms with Crippen LogP contribution in [0.5, 0.6) is 0 Å². The molecule has 0 saturated heterocycles. The van der Waals surface area contributed by atoms with Crippen molar-refractivity contribution in [1.29, 1.82) is 0 Å². The van der Waals surface area contributed by atoms with Crippen molar-refractivity contribution in [2.45, 2.75) is 6.92 Å². The van der Waals surface area contributed by atoms with Crippen LogP contribution in [0.3, 0.4) is 0 Å². The number of carbonyl (C=O) groups is 1. The summed E-state index contributed by atoms with van der Waals surface area (Å²) in [5, 5.41) is 4.14. The summed E-state index contributed by atoms with van der Waals surface area (Å²) in [6.07, 6.45) is 3.34. The summed E-state index contributed by atoms with van der Waals surface area (Å²) in [6.45, 7) is 2.01. The molecule has 0 atom stereocenters. The van der Waals surface area contributed by atoms with Gasteiger partial charge in [-0.2, -0.15) is 5.10 Å². The van der Waals surface area contributed by atoms with Gasteiger partial charge in [-0.05, 0) is 25.1 Å².